The summed E-state index contributed by atoms with van der Waals surface area (Å²) in [7, 11) is -2.63. The van der Waals surface area contributed by atoms with Crippen molar-refractivity contribution in [3.05, 3.63) is 206 Å². The van der Waals surface area contributed by atoms with E-state index in [0.717, 1.165) is 5.69 Å². The molecule has 1 aliphatic rings. The summed E-state index contributed by atoms with van der Waals surface area (Å²) in [5, 5.41) is 8.14. The van der Waals surface area contributed by atoms with Crippen molar-refractivity contribution in [1.29, 1.82) is 0 Å². The monoisotopic (exact) mass is 666 g/mol. The molecule has 240 valence electrons. The van der Waals surface area contributed by atoms with Gasteiger partial charge < -0.3 is 9.47 Å². The molecule has 0 radical (unpaired) electrons. The summed E-state index contributed by atoms with van der Waals surface area (Å²) >= 11 is 0. The average Bonchev–Trinajstić information content (AvgIpc) is 3.55. The molecule has 0 atom stereocenters. The summed E-state index contributed by atoms with van der Waals surface area (Å²) in [6.45, 7) is 0. The molecule has 2 heterocycles. The summed E-state index contributed by atoms with van der Waals surface area (Å²) < 4.78 is 2.37. The molecule has 9 aromatic rings. The Kier molecular flexibility index (Phi) is 6.86. The third kappa shape index (κ3) is 4.49. The molecule has 0 saturated heterocycles. The van der Waals surface area contributed by atoms with Crippen LogP contribution in [0.2, 0.25) is 0 Å². The fraction of sp³-hybridized carbons (Fsp3) is 0. The minimum atomic E-state index is -2.63. The van der Waals surface area contributed by atoms with Gasteiger partial charge in [-0.25, -0.2) is 0 Å². The molecular weight excluding hydrogens is 633 g/mol. The molecule has 0 saturated carbocycles. The van der Waals surface area contributed by atoms with Gasteiger partial charge in [-0.1, -0.05) is 152 Å². The van der Waals surface area contributed by atoms with Crippen molar-refractivity contribution in [2.24, 2.45) is 0 Å². The Morgan fingerprint density at radius 1 is 0.333 bits per heavy atom. The van der Waals surface area contributed by atoms with Crippen LogP contribution in [-0.4, -0.2) is 12.6 Å². The first kappa shape index (κ1) is 29.5. The van der Waals surface area contributed by atoms with E-state index in [1.807, 2.05) is 0 Å². The lowest BCUT2D eigenvalue weighted by atomic mass is 10.0. The van der Waals surface area contributed by atoms with E-state index >= 15 is 0 Å². The summed E-state index contributed by atoms with van der Waals surface area (Å²) in [5.41, 5.74) is 9.68. The first-order chi connectivity index (χ1) is 25.3. The number of nitrogens with zero attached hydrogens (tertiary/aromatic N) is 2. The number of rotatable bonds is 5. The molecule has 0 bridgehead atoms. The molecule has 0 aliphatic carbocycles. The second kappa shape index (κ2) is 11.9. The Morgan fingerprint density at radius 3 is 1.45 bits per heavy atom. The highest BCUT2D eigenvalue weighted by Gasteiger charge is 2.48. The largest absolute Gasteiger partial charge is 0.311 e. The van der Waals surface area contributed by atoms with Gasteiger partial charge in [0.2, 0.25) is 0 Å². The van der Waals surface area contributed by atoms with E-state index in [1.165, 1.54) is 70.7 Å². The first-order valence-corrected chi connectivity index (χ1v) is 19.6. The van der Waals surface area contributed by atoms with Gasteiger partial charge in [0.1, 0.15) is 0 Å². The van der Waals surface area contributed by atoms with E-state index in [9.17, 15) is 0 Å². The fourth-order valence-electron chi connectivity index (χ4n) is 8.50. The zero-order valence-electron chi connectivity index (χ0n) is 28.0. The van der Waals surface area contributed by atoms with Crippen LogP contribution in [0.15, 0.2) is 206 Å². The predicted octanol–water partition coefficient (Wildman–Crippen LogP) is 9.61. The highest BCUT2D eigenvalue weighted by atomic mass is 28.3. The van der Waals surface area contributed by atoms with Gasteiger partial charge in [-0.05, 0) is 86.5 Å². The molecule has 8 aromatic carbocycles. The van der Waals surface area contributed by atoms with E-state index in [-0.39, 0.29) is 0 Å². The standard InChI is InChI=1S/C48H34N2Si/c1-4-16-37(17-5-1)49-43-23-11-10-22-41(43)42-34-36(30-33-44(42)49)35-28-31-38(32-29-35)50-45-24-12-14-26-47(45)51(39-18-6-2-7-19-39,40-20-8-3-9-21-40)48-27-15-13-25-46(48)50/h1-34H. The molecule has 10 rings (SSSR count). The number of anilines is 3. The van der Waals surface area contributed by atoms with Crippen molar-refractivity contribution in [3.8, 4) is 16.8 Å². The third-order valence-corrected chi connectivity index (χ3v) is 15.5. The molecule has 0 N–H and O–H groups in total. The van der Waals surface area contributed by atoms with Crippen LogP contribution in [0.5, 0.6) is 0 Å². The van der Waals surface area contributed by atoms with Gasteiger partial charge in [-0.2, -0.15) is 0 Å². The Labute approximate surface area is 299 Å². The Balaban J connectivity index is 1.12. The fourth-order valence-corrected chi connectivity index (χ4v) is 13.6. The van der Waals surface area contributed by atoms with Gasteiger partial charge in [-0.3, -0.25) is 0 Å². The summed E-state index contributed by atoms with van der Waals surface area (Å²) in [6.07, 6.45) is 0. The predicted molar refractivity (Wildman–Crippen MR) is 218 cm³/mol. The second-order valence-corrected chi connectivity index (χ2v) is 17.1. The number of fused-ring (bicyclic) bond motifs is 5. The summed E-state index contributed by atoms with van der Waals surface area (Å²) in [4.78, 5) is 2.47. The van der Waals surface area contributed by atoms with Gasteiger partial charge in [0, 0.05) is 33.5 Å². The van der Waals surface area contributed by atoms with E-state index in [4.69, 9.17) is 0 Å². The first-order valence-electron chi connectivity index (χ1n) is 17.6. The van der Waals surface area contributed by atoms with Crippen LogP contribution in [0.1, 0.15) is 0 Å². The summed E-state index contributed by atoms with van der Waals surface area (Å²) in [6, 6.07) is 76.0. The highest BCUT2D eigenvalue weighted by molar-refractivity contribution is 7.21. The van der Waals surface area contributed by atoms with Gasteiger partial charge in [0.05, 0.1) is 11.0 Å². The maximum absolute atomic E-state index is 2.63. The molecule has 0 amide bonds. The average molecular weight is 667 g/mol. The van der Waals surface area contributed by atoms with E-state index < -0.39 is 8.07 Å². The molecule has 1 aliphatic heterocycles. The number of benzene rings is 8. The van der Waals surface area contributed by atoms with Crippen molar-refractivity contribution < 1.29 is 0 Å². The topological polar surface area (TPSA) is 8.17 Å². The van der Waals surface area contributed by atoms with Crippen LogP contribution in [0.4, 0.5) is 17.1 Å². The number of aromatic nitrogens is 1. The molecule has 3 heteroatoms. The van der Waals surface area contributed by atoms with Crippen LogP contribution in [0.3, 0.4) is 0 Å². The van der Waals surface area contributed by atoms with Gasteiger partial charge >= 0.3 is 0 Å². The normalized spacial score (nSPS) is 13.2. The van der Waals surface area contributed by atoms with Crippen LogP contribution in [0.25, 0.3) is 38.6 Å². The van der Waals surface area contributed by atoms with Crippen LogP contribution < -0.4 is 25.6 Å². The van der Waals surface area contributed by atoms with Crippen molar-refractivity contribution in [1.82, 2.24) is 4.57 Å². The Hall–Kier alpha value is -6.42. The van der Waals surface area contributed by atoms with Gasteiger partial charge in [0.15, 0.2) is 8.07 Å². The quantitative estimate of drug-likeness (QED) is 0.166. The summed E-state index contributed by atoms with van der Waals surface area (Å²) in [5.74, 6) is 0. The third-order valence-electron chi connectivity index (χ3n) is 10.7. The Bertz CT molecular complexity index is 2590. The van der Waals surface area contributed by atoms with Crippen LogP contribution >= 0.6 is 0 Å². The van der Waals surface area contributed by atoms with E-state index in [2.05, 4.69) is 216 Å². The molecule has 2 nitrogen and oxygen atoms in total. The molecule has 0 fully saturated rings. The van der Waals surface area contributed by atoms with E-state index in [1.54, 1.807) is 0 Å². The minimum Gasteiger partial charge on any atom is -0.311 e. The molecule has 0 spiro atoms. The second-order valence-electron chi connectivity index (χ2n) is 13.3. The number of para-hydroxylation sites is 4. The zero-order valence-corrected chi connectivity index (χ0v) is 29.0. The number of hydrogen-bond donors (Lipinski definition) is 0. The lowest BCUT2D eigenvalue weighted by Crippen LogP contribution is -2.77. The molecular formula is C48H34N2Si. The van der Waals surface area contributed by atoms with Crippen molar-refractivity contribution in [3.63, 3.8) is 0 Å². The molecule has 0 unspecified atom stereocenters. The van der Waals surface area contributed by atoms with Crippen molar-refractivity contribution in [2.45, 2.75) is 0 Å². The SMILES string of the molecule is c1ccc(-n2c3ccccc3c3cc(-c4ccc(N5c6ccccc6[Si](c6ccccc6)(c6ccccc6)c6ccccc65)cc4)ccc32)cc1. The zero-order chi connectivity index (χ0) is 33.8. The number of hydrogen-bond acceptors (Lipinski definition) is 1. The lowest BCUT2D eigenvalue weighted by Gasteiger charge is -2.45. The van der Waals surface area contributed by atoms with E-state index in [0.29, 0.717) is 0 Å². The highest BCUT2D eigenvalue weighted by Crippen LogP contribution is 2.40. The lowest BCUT2D eigenvalue weighted by molar-refractivity contribution is 1.18. The molecule has 51 heavy (non-hydrogen) atoms. The van der Waals surface area contributed by atoms with Crippen molar-refractivity contribution >= 4 is 67.7 Å². The van der Waals surface area contributed by atoms with Crippen molar-refractivity contribution in [2.75, 3.05) is 4.90 Å². The maximum Gasteiger partial charge on any atom is 0.184 e. The smallest absolute Gasteiger partial charge is 0.184 e. The molecule has 1 aromatic heterocycles. The van der Waals surface area contributed by atoms with Crippen LogP contribution in [-0.2, 0) is 0 Å². The Morgan fingerprint density at radius 2 is 0.824 bits per heavy atom. The minimum absolute atomic E-state index is 1.16. The van der Waals surface area contributed by atoms with Gasteiger partial charge in [-0.15, -0.1) is 0 Å². The van der Waals surface area contributed by atoms with Gasteiger partial charge in [0.25, 0.3) is 0 Å². The maximum atomic E-state index is 2.47. The van der Waals surface area contributed by atoms with Crippen LogP contribution in [0, 0.1) is 0 Å².